The van der Waals surface area contributed by atoms with E-state index in [0.29, 0.717) is 10.9 Å². The lowest BCUT2D eigenvalue weighted by Gasteiger charge is -2.08. The molecule has 2 heterocycles. The second kappa shape index (κ2) is 5.27. The summed E-state index contributed by atoms with van der Waals surface area (Å²) in [5.74, 6) is -0.373. The summed E-state index contributed by atoms with van der Waals surface area (Å²) in [7, 11) is 0. The van der Waals surface area contributed by atoms with Gasteiger partial charge in [-0.25, -0.2) is 9.78 Å². The fourth-order valence-corrected chi connectivity index (χ4v) is 2.43. The smallest absolute Gasteiger partial charge is 0.357 e. The molecule has 1 aliphatic heterocycles. The van der Waals surface area contributed by atoms with Crippen LogP contribution in [0.5, 0.6) is 0 Å². The van der Waals surface area contributed by atoms with Crippen molar-refractivity contribution in [2.24, 2.45) is 5.92 Å². The highest BCUT2D eigenvalue weighted by molar-refractivity contribution is 7.14. The normalized spacial score (nSPS) is 19.9. The van der Waals surface area contributed by atoms with Crippen LogP contribution in [-0.2, 0) is 4.74 Å². The van der Waals surface area contributed by atoms with Crippen molar-refractivity contribution in [3.63, 3.8) is 0 Å². The molecule has 1 saturated heterocycles. The number of rotatable bonds is 5. The van der Waals surface area contributed by atoms with Gasteiger partial charge in [-0.1, -0.05) is 0 Å². The number of nitrogens with zero attached hydrogens (tertiary/aromatic N) is 1. The van der Waals surface area contributed by atoms with Crippen LogP contribution < -0.4 is 5.32 Å². The quantitative estimate of drug-likeness (QED) is 0.822. The van der Waals surface area contributed by atoms with E-state index in [-0.39, 0.29) is 5.69 Å². The molecule has 0 aliphatic carbocycles. The third-order valence-corrected chi connectivity index (χ3v) is 3.42. The lowest BCUT2D eigenvalue weighted by atomic mass is 10.1. The maximum atomic E-state index is 10.8. The molecular formula is C10H14N2O3S. The molecule has 1 fully saturated rings. The molecule has 1 aromatic rings. The van der Waals surface area contributed by atoms with Gasteiger partial charge in [0.05, 0.1) is 5.51 Å². The molecule has 1 unspecified atom stereocenters. The molecule has 1 aromatic heterocycles. The van der Waals surface area contributed by atoms with E-state index in [9.17, 15) is 4.79 Å². The molecule has 0 spiro atoms. The largest absolute Gasteiger partial charge is 0.476 e. The Balaban J connectivity index is 1.80. The molecule has 1 atom stereocenters. The number of carboxylic acid groups (broad SMARTS) is 1. The highest BCUT2D eigenvalue weighted by Crippen LogP contribution is 2.21. The Labute approximate surface area is 97.5 Å². The van der Waals surface area contributed by atoms with Crippen molar-refractivity contribution < 1.29 is 14.6 Å². The second-order valence-corrected chi connectivity index (χ2v) is 4.64. The number of hydrogen-bond acceptors (Lipinski definition) is 5. The van der Waals surface area contributed by atoms with E-state index < -0.39 is 5.97 Å². The first-order valence-corrected chi connectivity index (χ1v) is 6.13. The van der Waals surface area contributed by atoms with Crippen LogP contribution in [0.25, 0.3) is 0 Å². The van der Waals surface area contributed by atoms with E-state index in [4.69, 9.17) is 9.84 Å². The minimum Gasteiger partial charge on any atom is -0.476 e. The number of hydrogen-bond donors (Lipinski definition) is 2. The Hall–Kier alpha value is -1.14. The number of aromatic nitrogens is 1. The zero-order valence-corrected chi connectivity index (χ0v) is 9.63. The van der Waals surface area contributed by atoms with E-state index in [2.05, 4.69) is 10.3 Å². The predicted molar refractivity (Wildman–Crippen MR) is 61.1 cm³/mol. The van der Waals surface area contributed by atoms with E-state index in [1.807, 2.05) is 0 Å². The lowest BCUT2D eigenvalue weighted by molar-refractivity contribution is 0.0692. The topological polar surface area (TPSA) is 71.5 Å². The minimum absolute atomic E-state index is 0.118. The van der Waals surface area contributed by atoms with Crippen molar-refractivity contribution in [2.75, 3.05) is 25.1 Å². The number of anilines is 1. The van der Waals surface area contributed by atoms with Crippen LogP contribution in [0.2, 0.25) is 0 Å². The van der Waals surface area contributed by atoms with Crippen LogP contribution in [0.15, 0.2) is 5.51 Å². The summed E-state index contributed by atoms with van der Waals surface area (Å²) in [6, 6.07) is 0. The maximum Gasteiger partial charge on any atom is 0.357 e. The van der Waals surface area contributed by atoms with Crippen molar-refractivity contribution >= 4 is 22.3 Å². The first-order valence-electron chi connectivity index (χ1n) is 5.26. The summed E-state index contributed by atoms with van der Waals surface area (Å²) < 4.78 is 5.28. The molecule has 0 aromatic carbocycles. The summed E-state index contributed by atoms with van der Waals surface area (Å²) >= 11 is 1.33. The van der Waals surface area contributed by atoms with Crippen LogP contribution in [-0.4, -0.2) is 35.8 Å². The Morgan fingerprint density at radius 3 is 3.31 bits per heavy atom. The Bertz CT molecular complexity index is 361. The van der Waals surface area contributed by atoms with Crippen molar-refractivity contribution in [3.8, 4) is 0 Å². The molecule has 5 nitrogen and oxygen atoms in total. The molecule has 6 heteroatoms. The van der Waals surface area contributed by atoms with Gasteiger partial charge in [-0.05, 0) is 18.8 Å². The fraction of sp³-hybridized carbons (Fsp3) is 0.600. The Morgan fingerprint density at radius 1 is 1.75 bits per heavy atom. The van der Waals surface area contributed by atoms with Gasteiger partial charge in [-0.2, -0.15) is 0 Å². The van der Waals surface area contributed by atoms with Gasteiger partial charge in [0.15, 0.2) is 5.69 Å². The zero-order chi connectivity index (χ0) is 11.4. The third-order valence-electron chi connectivity index (χ3n) is 2.63. The molecule has 0 amide bonds. The highest BCUT2D eigenvalue weighted by atomic mass is 32.1. The Morgan fingerprint density at radius 2 is 2.62 bits per heavy atom. The number of ether oxygens (including phenoxy) is 1. The fourth-order valence-electron chi connectivity index (χ4n) is 1.72. The first kappa shape index (κ1) is 11.3. The number of carboxylic acids is 1. The van der Waals surface area contributed by atoms with E-state index in [0.717, 1.165) is 32.6 Å². The monoisotopic (exact) mass is 242 g/mol. The molecule has 2 N–H and O–H groups in total. The lowest BCUT2D eigenvalue weighted by Crippen LogP contribution is -2.10. The van der Waals surface area contributed by atoms with Crippen LogP contribution in [0.3, 0.4) is 0 Å². The van der Waals surface area contributed by atoms with E-state index in [1.54, 1.807) is 5.51 Å². The number of nitrogens with one attached hydrogen (secondary N) is 1. The molecule has 16 heavy (non-hydrogen) atoms. The van der Waals surface area contributed by atoms with Crippen LogP contribution in [0, 0.1) is 5.92 Å². The van der Waals surface area contributed by atoms with Crippen molar-refractivity contribution in [1.29, 1.82) is 0 Å². The zero-order valence-electron chi connectivity index (χ0n) is 8.81. The third kappa shape index (κ3) is 2.70. The molecule has 0 radical (unpaired) electrons. The van der Waals surface area contributed by atoms with Gasteiger partial charge >= 0.3 is 5.97 Å². The Kier molecular flexibility index (Phi) is 3.74. The van der Waals surface area contributed by atoms with Crippen molar-refractivity contribution in [1.82, 2.24) is 4.98 Å². The van der Waals surface area contributed by atoms with Gasteiger partial charge in [0, 0.05) is 19.8 Å². The van der Waals surface area contributed by atoms with Gasteiger partial charge in [0.2, 0.25) is 0 Å². The summed E-state index contributed by atoms with van der Waals surface area (Å²) in [6.07, 6.45) is 2.12. The highest BCUT2D eigenvalue weighted by Gasteiger charge is 2.16. The molecule has 1 aliphatic rings. The molecular weight excluding hydrogens is 228 g/mol. The predicted octanol–water partition coefficient (Wildman–Crippen LogP) is 1.68. The van der Waals surface area contributed by atoms with Gasteiger partial charge in [0.1, 0.15) is 5.00 Å². The maximum absolute atomic E-state index is 10.8. The average Bonchev–Trinajstić information content (AvgIpc) is 2.87. The van der Waals surface area contributed by atoms with Crippen molar-refractivity contribution in [3.05, 3.63) is 11.2 Å². The first-order chi connectivity index (χ1) is 7.77. The molecule has 88 valence electrons. The van der Waals surface area contributed by atoms with Gasteiger partial charge in [-0.3, -0.25) is 0 Å². The summed E-state index contributed by atoms with van der Waals surface area (Å²) in [5, 5.41) is 12.6. The van der Waals surface area contributed by atoms with Crippen molar-refractivity contribution in [2.45, 2.75) is 12.8 Å². The van der Waals surface area contributed by atoms with Crippen LogP contribution >= 0.6 is 11.3 Å². The van der Waals surface area contributed by atoms with E-state index >= 15 is 0 Å². The second-order valence-electron chi connectivity index (χ2n) is 3.78. The SMILES string of the molecule is O=C(O)c1ncsc1NCCC1CCOC1. The molecule has 2 rings (SSSR count). The number of thiazole rings is 1. The molecule has 0 bridgehead atoms. The number of aromatic carboxylic acids is 1. The molecule has 0 saturated carbocycles. The van der Waals surface area contributed by atoms with Crippen LogP contribution in [0.1, 0.15) is 23.3 Å². The van der Waals surface area contributed by atoms with Gasteiger partial charge in [-0.15, -0.1) is 11.3 Å². The summed E-state index contributed by atoms with van der Waals surface area (Å²) in [4.78, 5) is 14.6. The average molecular weight is 242 g/mol. The minimum atomic E-state index is -0.979. The van der Waals surface area contributed by atoms with Gasteiger partial charge < -0.3 is 15.2 Å². The summed E-state index contributed by atoms with van der Waals surface area (Å²) in [6.45, 7) is 2.46. The van der Waals surface area contributed by atoms with Crippen LogP contribution in [0.4, 0.5) is 5.00 Å². The van der Waals surface area contributed by atoms with Gasteiger partial charge in [0.25, 0.3) is 0 Å². The number of carbonyl (C=O) groups is 1. The summed E-state index contributed by atoms with van der Waals surface area (Å²) in [5.41, 5.74) is 1.66. The standard InChI is InChI=1S/C10H14N2O3S/c13-10(14)8-9(16-6-12-8)11-3-1-7-2-4-15-5-7/h6-7,11H,1-5H2,(H,13,14). The van der Waals surface area contributed by atoms with E-state index in [1.165, 1.54) is 11.3 Å².